The second-order valence-electron chi connectivity index (χ2n) is 31.1. The molecule has 0 unspecified atom stereocenters. The number of rotatable bonds is 0. The Kier molecular flexibility index (Phi) is 19.2. The molecule has 0 saturated heterocycles. The Morgan fingerprint density at radius 2 is 0.225 bits per heavy atom. The lowest BCUT2D eigenvalue weighted by atomic mass is 9.93. The van der Waals surface area contributed by atoms with E-state index in [0.29, 0.717) is 0 Å². The molecule has 120 heavy (non-hydrogen) atoms. The molecule has 27 rings (SSSR count). The summed E-state index contributed by atoms with van der Waals surface area (Å²) in [5.41, 5.74) is 5.50. The molecule has 1 aliphatic carbocycles. The van der Waals surface area contributed by atoms with Crippen molar-refractivity contribution in [2.75, 3.05) is 0 Å². The van der Waals surface area contributed by atoms with Crippen LogP contribution in [0.2, 0.25) is 0 Å². The molecule has 0 spiro atoms. The Bertz CT molecular complexity index is 8010. The lowest BCUT2D eigenvalue weighted by Crippen LogP contribution is -1.83. The first kappa shape index (κ1) is 72.1. The topological polar surface area (TPSA) is 0 Å². The summed E-state index contributed by atoms with van der Waals surface area (Å²) in [4.78, 5) is 0. The van der Waals surface area contributed by atoms with E-state index in [9.17, 15) is 0 Å². The average molecular weight is 1520 g/mol. The summed E-state index contributed by atoms with van der Waals surface area (Å²) < 4.78 is 0. The third-order valence-electron chi connectivity index (χ3n) is 24.3. The van der Waals surface area contributed by atoms with Crippen LogP contribution < -0.4 is 0 Å². The van der Waals surface area contributed by atoms with E-state index in [1.54, 1.807) is 0 Å². The van der Waals surface area contributed by atoms with Crippen LogP contribution in [0.1, 0.15) is 0 Å². The van der Waals surface area contributed by atoms with Crippen LogP contribution in [0.25, 0.3) is 216 Å². The fourth-order valence-corrected chi connectivity index (χ4v) is 18.6. The van der Waals surface area contributed by atoms with Crippen molar-refractivity contribution in [2.24, 2.45) is 0 Å². The zero-order valence-corrected chi connectivity index (χ0v) is 66.2. The van der Waals surface area contributed by atoms with E-state index in [0.717, 1.165) is 0 Å². The van der Waals surface area contributed by atoms with Crippen molar-refractivity contribution in [2.45, 2.75) is 0 Å². The smallest absolute Gasteiger partial charge is 0.00206 e. The van der Waals surface area contributed by atoms with Gasteiger partial charge in [0.2, 0.25) is 0 Å². The molecule has 0 bridgehead atoms. The molecular weight excluding hydrogens is 1440 g/mol. The second kappa shape index (κ2) is 31.9. The highest BCUT2D eigenvalue weighted by Crippen LogP contribution is 2.47. The molecule has 0 aromatic heterocycles. The van der Waals surface area contributed by atoms with Gasteiger partial charge < -0.3 is 0 Å². The van der Waals surface area contributed by atoms with Gasteiger partial charge in [-0.2, -0.15) is 0 Å². The highest BCUT2D eigenvalue weighted by Gasteiger charge is 2.20. The molecule has 0 N–H and O–H groups in total. The van der Waals surface area contributed by atoms with Crippen LogP contribution in [-0.4, -0.2) is 0 Å². The number of hydrogen-bond donors (Lipinski definition) is 0. The maximum atomic E-state index is 2.27. The zero-order valence-electron chi connectivity index (χ0n) is 66.2. The average Bonchev–Trinajstić information content (AvgIpc) is 1.73. The lowest BCUT2D eigenvalue weighted by molar-refractivity contribution is 1.70. The molecule has 1 aliphatic rings. The van der Waals surface area contributed by atoms with Gasteiger partial charge in [-0.05, 0) is 216 Å². The van der Waals surface area contributed by atoms with Crippen molar-refractivity contribution in [1.82, 2.24) is 0 Å². The van der Waals surface area contributed by atoms with Gasteiger partial charge >= 0.3 is 0 Å². The summed E-state index contributed by atoms with van der Waals surface area (Å²) >= 11 is 0. The van der Waals surface area contributed by atoms with Gasteiger partial charge in [-0.3, -0.25) is 0 Å². The van der Waals surface area contributed by atoms with Crippen molar-refractivity contribution >= 4 is 194 Å². The van der Waals surface area contributed by atoms with Crippen LogP contribution in [0.5, 0.6) is 0 Å². The maximum Gasteiger partial charge on any atom is -0.00206 e. The normalized spacial score (nSPS) is 11.3. The van der Waals surface area contributed by atoms with Gasteiger partial charge in [0.15, 0.2) is 0 Å². The van der Waals surface area contributed by atoms with Crippen LogP contribution in [0.3, 0.4) is 0 Å². The molecule has 0 aliphatic heterocycles. The third-order valence-corrected chi connectivity index (χ3v) is 24.3. The molecule has 0 radical (unpaired) electrons. The third kappa shape index (κ3) is 13.6. The van der Waals surface area contributed by atoms with E-state index < -0.39 is 0 Å². The Balaban J connectivity index is 0.0000000876. The molecule has 0 amide bonds. The van der Waals surface area contributed by atoms with Crippen LogP contribution in [0.4, 0.5) is 0 Å². The quantitative estimate of drug-likeness (QED) is 0.133. The largest absolute Gasteiger partial charge is 0.0616 e. The van der Waals surface area contributed by atoms with E-state index in [1.165, 1.54) is 216 Å². The van der Waals surface area contributed by atoms with Gasteiger partial charge in [-0.1, -0.05) is 485 Å². The minimum atomic E-state index is 1.30. The van der Waals surface area contributed by atoms with E-state index in [-0.39, 0.29) is 0 Å². The lowest BCUT2D eigenvalue weighted by Gasteiger charge is -2.10. The molecule has 0 saturated carbocycles. The highest BCUT2D eigenvalue weighted by molar-refractivity contribution is 6.29. The van der Waals surface area contributed by atoms with E-state index in [1.807, 2.05) is 0 Å². The van der Waals surface area contributed by atoms with E-state index in [2.05, 4.69) is 485 Å². The number of hydrogen-bond acceptors (Lipinski definition) is 0. The minimum absolute atomic E-state index is 1.30. The summed E-state index contributed by atoms with van der Waals surface area (Å²) in [6.07, 6.45) is 0. The molecule has 0 nitrogen and oxygen atoms in total. The molecule has 0 fully saturated rings. The predicted molar refractivity (Wildman–Crippen MR) is 525 cm³/mol. The molecule has 560 valence electrons. The van der Waals surface area contributed by atoms with Gasteiger partial charge in [-0.15, -0.1) is 0 Å². The number of benzene rings is 26. The van der Waals surface area contributed by atoms with Gasteiger partial charge in [0.05, 0.1) is 0 Å². The molecular formula is C120H80. The van der Waals surface area contributed by atoms with Crippen molar-refractivity contribution in [1.29, 1.82) is 0 Å². The maximum absolute atomic E-state index is 2.27. The SMILES string of the molecule is c1ccc2c(c1)-c1cccc3cccc-2c13.c1ccc2c(c1)ccc1c2ccc2ccc3ccccc3c21.c1ccc2c(c1)ccc1c3ccccc3ccc21.c1ccc2c(c1)ccc1ccc3ccc4ccccc4c3c12.c1ccc2c(c1)ccc1ccc3ccccc3c12.c1ccc2c(c1)ccc1ccccc12.c1ccc2ccccc2c1. The first-order chi connectivity index (χ1) is 59.6. The first-order valence-corrected chi connectivity index (χ1v) is 41.5. The molecule has 26 aromatic rings. The van der Waals surface area contributed by atoms with Crippen molar-refractivity contribution in [3.05, 3.63) is 485 Å². The van der Waals surface area contributed by atoms with Crippen LogP contribution in [0, 0.1) is 0 Å². The molecule has 0 atom stereocenters. The Labute approximate surface area is 696 Å². The zero-order chi connectivity index (χ0) is 79.7. The first-order valence-electron chi connectivity index (χ1n) is 41.5. The Morgan fingerprint density at radius 1 is 0.0667 bits per heavy atom. The van der Waals surface area contributed by atoms with Gasteiger partial charge in [0.1, 0.15) is 0 Å². The summed E-state index contributed by atoms with van der Waals surface area (Å²) in [6.45, 7) is 0. The van der Waals surface area contributed by atoms with E-state index in [4.69, 9.17) is 0 Å². The second-order valence-corrected chi connectivity index (χ2v) is 31.1. The van der Waals surface area contributed by atoms with Crippen molar-refractivity contribution in [3.8, 4) is 22.3 Å². The highest BCUT2D eigenvalue weighted by atomic mass is 14.2. The van der Waals surface area contributed by atoms with Gasteiger partial charge in [0, 0.05) is 0 Å². The Hall–Kier alpha value is -15.6. The molecule has 0 heterocycles. The summed E-state index contributed by atoms with van der Waals surface area (Å²) in [6, 6.07) is 173. The van der Waals surface area contributed by atoms with Crippen molar-refractivity contribution in [3.63, 3.8) is 0 Å². The van der Waals surface area contributed by atoms with Crippen molar-refractivity contribution < 1.29 is 0 Å². The van der Waals surface area contributed by atoms with E-state index >= 15 is 0 Å². The van der Waals surface area contributed by atoms with Crippen LogP contribution in [0.15, 0.2) is 485 Å². The number of fused-ring (bicyclic) bond motifs is 31. The van der Waals surface area contributed by atoms with Gasteiger partial charge in [0.25, 0.3) is 0 Å². The standard InChI is InChI=1S/2C22H14.2C18H12.C16H10.C14H10.C10H8/c1-3-7-19-15(5-1)9-11-17-13-14-18-12-10-16-6-2-4-8-20(16)22(18)21(17)19;1-3-7-18-15(5-1)11-14-21-20(18)13-12-17-10-9-16-6-2-4-8-19(16)22(17)21;1-3-7-16-13(5-1)9-11-15-12-10-14-6-2-4-8-17(14)18(15)16;1-3-7-15-13(5-1)9-11-18-16-8-4-2-6-14(16)10-12-17(15)18;1-2-8-13-12(7-1)14-9-3-5-11-6-4-10-15(13)16(11)14;1-3-7-13-11(5-1)9-10-12-6-2-4-8-14(12)13;1-2-6-10-8-4-3-7-9(10)5-1/h2*1-14H;2*1-12H;1-10H;1-10H;1-8H. The Morgan fingerprint density at radius 3 is 0.525 bits per heavy atom. The molecule has 0 heteroatoms. The summed E-state index contributed by atoms with van der Waals surface area (Å²) in [5.74, 6) is 0. The van der Waals surface area contributed by atoms with Crippen LogP contribution in [-0.2, 0) is 0 Å². The summed E-state index contributed by atoms with van der Waals surface area (Å²) in [5, 5.41) is 47.8. The predicted octanol–water partition coefficient (Wildman–Crippen LogP) is 34.2. The monoisotopic (exact) mass is 1520 g/mol. The fourth-order valence-electron chi connectivity index (χ4n) is 18.6. The fraction of sp³-hybridized carbons (Fsp3) is 0. The summed E-state index contributed by atoms with van der Waals surface area (Å²) in [7, 11) is 0. The molecule has 26 aromatic carbocycles. The minimum Gasteiger partial charge on any atom is -0.0616 e. The van der Waals surface area contributed by atoms with Gasteiger partial charge in [-0.25, -0.2) is 0 Å². The van der Waals surface area contributed by atoms with Crippen LogP contribution >= 0.6 is 0 Å².